The van der Waals surface area contributed by atoms with Crippen molar-refractivity contribution in [3.63, 3.8) is 0 Å². The maximum absolute atomic E-state index is 12.1. The maximum atomic E-state index is 12.1. The van der Waals surface area contributed by atoms with Crippen LogP contribution in [0.1, 0.15) is 35.6 Å². The summed E-state index contributed by atoms with van der Waals surface area (Å²) in [6.45, 7) is 6.04. The average molecular weight is 262 g/mol. The number of pyridine rings is 1. The number of aromatic nitrogens is 2. The van der Waals surface area contributed by atoms with Gasteiger partial charge in [-0.15, -0.1) is 0 Å². The summed E-state index contributed by atoms with van der Waals surface area (Å²) >= 11 is 0. The van der Waals surface area contributed by atoms with Gasteiger partial charge in [-0.25, -0.2) is 9.78 Å². The average Bonchev–Trinajstić information content (AvgIpc) is 2.75. The third-order valence-corrected chi connectivity index (χ3v) is 3.01. The van der Waals surface area contributed by atoms with Crippen LogP contribution in [-0.4, -0.2) is 29.1 Å². The molecule has 2 aromatic rings. The topological polar surface area (TPSA) is 52.8 Å². The second-order valence-electron chi connectivity index (χ2n) is 4.23. The number of hydrogen-bond donors (Lipinski definition) is 0. The second kappa shape index (κ2) is 5.30. The van der Waals surface area contributed by atoms with Gasteiger partial charge in [-0.2, -0.15) is 0 Å². The van der Waals surface area contributed by atoms with E-state index in [1.807, 2.05) is 26.1 Å². The molecule has 102 valence electrons. The minimum atomic E-state index is -0.337. The van der Waals surface area contributed by atoms with E-state index in [-0.39, 0.29) is 5.97 Å². The van der Waals surface area contributed by atoms with Crippen molar-refractivity contribution in [2.45, 2.75) is 27.2 Å². The molecule has 2 heterocycles. The van der Waals surface area contributed by atoms with Gasteiger partial charge in [0, 0.05) is 17.8 Å². The van der Waals surface area contributed by atoms with Crippen LogP contribution in [-0.2, 0) is 11.2 Å². The maximum Gasteiger partial charge on any atom is 0.357 e. The van der Waals surface area contributed by atoms with Crippen LogP contribution in [0.5, 0.6) is 5.75 Å². The molecule has 2 aromatic heterocycles. The number of imidazole rings is 1. The number of carbonyl (C=O) groups excluding carboxylic acids is 1. The highest BCUT2D eigenvalue weighted by Gasteiger charge is 2.20. The highest BCUT2D eigenvalue weighted by atomic mass is 16.5. The van der Waals surface area contributed by atoms with Gasteiger partial charge in [0.2, 0.25) is 0 Å². The zero-order valence-electron chi connectivity index (χ0n) is 11.7. The first-order chi connectivity index (χ1) is 9.12. The molecule has 0 saturated carbocycles. The van der Waals surface area contributed by atoms with Crippen LogP contribution in [0.2, 0.25) is 0 Å². The first kappa shape index (κ1) is 13.4. The zero-order valence-corrected chi connectivity index (χ0v) is 11.7. The summed E-state index contributed by atoms with van der Waals surface area (Å²) < 4.78 is 12.1. The number of fused-ring (bicyclic) bond motifs is 1. The molecular formula is C14H18N2O3. The smallest absolute Gasteiger partial charge is 0.357 e. The van der Waals surface area contributed by atoms with Crippen molar-refractivity contribution in [1.82, 2.24) is 9.38 Å². The lowest BCUT2D eigenvalue weighted by molar-refractivity contribution is 0.0517. The van der Waals surface area contributed by atoms with Gasteiger partial charge in [0.05, 0.1) is 19.4 Å². The quantitative estimate of drug-likeness (QED) is 0.794. The molecule has 0 saturated heterocycles. The van der Waals surface area contributed by atoms with Crippen molar-refractivity contribution in [2.75, 3.05) is 13.7 Å². The number of carbonyl (C=O) groups is 1. The van der Waals surface area contributed by atoms with E-state index in [0.29, 0.717) is 24.4 Å². The Morgan fingerprint density at radius 1 is 1.42 bits per heavy atom. The first-order valence-electron chi connectivity index (χ1n) is 6.35. The van der Waals surface area contributed by atoms with E-state index in [2.05, 4.69) is 4.98 Å². The van der Waals surface area contributed by atoms with Crippen LogP contribution in [0.15, 0.2) is 12.3 Å². The van der Waals surface area contributed by atoms with E-state index in [9.17, 15) is 4.79 Å². The molecule has 0 bridgehead atoms. The molecule has 0 aliphatic heterocycles. The van der Waals surface area contributed by atoms with Gasteiger partial charge in [-0.05, 0) is 20.3 Å². The molecule has 0 atom stereocenters. The van der Waals surface area contributed by atoms with Gasteiger partial charge in [0.1, 0.15) is 11.4 Å². The number of hydrogen-bond acceptors (Lipinski definition) is 4. The van der Waals surface area contributed by atoms with Crippen LogP contribution in [0.25, 0.3) is 5.65 Å². The monoisotopic (exact) mass is 262 g/mol. The van der Waals surface area contributed by atoms with Gasteiger partial charge in [0.15, 0.2) is 5.69 Å². The lowest BCUT2D eigenvalue weighted by atomic mass is 10.2. The molecule has 0 radical (unpaired) electrons. The molecule has 2 rings (SSSR count). The van der Waals surface area contributed by atoms with E-state index in [1.165, 1.54) is 0 Å². The largest absolute Gasteiger partial charge is 0.496 e. The molecule has 0 amide bonds. The van der Waals surface area contributed by atoms with Crippen molar-refractivity contribution in [1.29, 1.82) is 0 Å². The van der Waals surface area contributed by atoms with Gasteiger partial charge in [0.25, 0.3) is 0 Å². The summed E-state index contributed by atoms with van der Waals surface area (Å²) in [7, 11) is 1.62. The Bertz CT molecular complexity index is 617. The Labute approximate surface area is 112 Å². The van der Waals surface area contributed by atoms with Gasteiger partial charge >= 0.3 is 5.97 Å². The minimum absolute atomic E-state index is 0.337. The predicted molar refractivity (Wildman–Crippen MR) is 71.8 cm³/mol. The number of nitrogens with zero attached hydrogens (tertiary/aromatic N) is 2. The van der Waals surface area contributed by atoms with E-state index < -0.39 is 0 Å². The van der Waals surface area contributed by atoms with Crippen LogP contribution in [0.3, 0.4) is 0 Å². The van der Waals surface area contributed by atoms with Crippen molar-refractivity contribution in [2.24, 2.45) is 0 Å². The molecule has 0 aliphatic rings. The first-order valence-corrected chi connectivity index (χ1v) is 6.35. The van der Waals surface area contributed by atoms with Gasteiger partial charge in [-0.1, -0.05) is 6.92 Å². The zero-order chi connectivity index (χ0) is 14.0. The van der Waals surface area contributed by atoms with Gasteiger partial charge in [-0.3, -0.25) is 4.40 Å². The van der Waals surface area contributed by atoms with Crippen molar-refractivity contribution < 1.29 is 14.3 Å². The molecule has 0 fully saturated rings. The van der Waals surface area contributed by atoms with Crippen molar-refractivity contribution >= 4 is 11.6 Å². The lowest BCUT2D eigenvalue weighted by Gasteiger charge is -2.07. The fourth-order valence-corrected chi connectivity index (χ4v) is 2.10. The molecular weight excluding hydrogens is 244 g/mol. The molecule has 0 aromatic carbocycles. The van der Waals surface area contributed by atoms with Crippen LogP contribution < -0.4 is 4.74 Å². The van der Waals surface area contributed by atoms with E-state index in [4.69, 9.17) is 9.47 Å². The summed E-state index contributed by atoms with van der Waals surface area (Å²) in [6.07, 6.45) is 2.53. The fourth-order valence-electron chi connectivity index (χ4n) is 2.10. The lowest BCUT2D eigenvalue weighted by Crippen LogP contribution is -2.10. The van der Waals surface area contributed by atoms with E-state index in [0.717, 1.165) is 17.0 Å². The number of methoxy groups -OCH3 is 1. The normalized spacial score (nSPS) is 10.7. The molecule has 19 heavy (non-hydrogen) atoms. The SMILES string of the molecule is CCOC(=O)c1c(CC)nc2cc(OC)c(C)cn12. The van der Waals surface area contributed by atoms with E-state index >= 15 is 0 Å². The highest BCUT2D eigenvalue weighted by molar-refractivity contribution is 5.90. The number of esters is 1. The summed E-state index contributed by atoms with van der Waals surface area (Å²) in [6, 6.07) is 1.83. The summed E-state index contributed by atoms with van der Waals surface area (Å²) in [5.74, 6) is 0.423. The van der Waals surface area contributed by atoms with Crippen molar-refractivity contribution in [3.8, 4) is 5.75 Å². The fraction of sp³-hybridized carbons (Fsp3) is 0.429. The second-order valence-corrected chi connectivity index (χ2v) is 4.23. The Hall–Kier alpha value is -2.04. The molecule has 0 aliphatic carbocycles. The molecule has 5 nitrogen and oxygen atoms in total. The van der Waals surface area contributed by atoms with Crippen LogP contribution in [0, 0.1) is 6.92 Å². The molecule has 0 N–H and O–H groups in total. The summed E-state index contributed by atoms with van der Waals surface area (Å²) in [5, 5.41) is 0. The van der Waals surface area contributed by atoms with Crippen molar-refractivity contribution in [3.05, 3.63) is 29.2 Å². The van der Waals surface area contributed by atoms with Crippen LogP contribution in [0.4, 0.5) is 0 Å². The third kappa shape index (κ3) is 2.28. The van der Waals surface area contributed by atoms with Gasteiger partial charge < -0.3 is 9.47 Å². The highest BCUT2D eigenvalue weighted by Crippen LogP contribution is 2.23. The minimum Gasteiger partial charge on any atom is -0.496 e. The number of ether oxygens (including phenoxy) is 2. The molecule has 0 unspecified atom stereocenters. The number of aryl methyl sites for hydroxylation is 2. The Balaban J connectivity index is 2.67. The van der Waals surface area contributed by atoms with E-state index in [1.54, 1.807) is 18.4 Å². The molecule has 0 spiro atoms. The summed E-state index contributed by atoms with van der Waals surface area (Å²) in [5.41, 5.74) is 2.89. The Kier molecular flexibility index (Phi) is 3.74. The Morgan fingerprint density at radius 3 is 2.74 bits per heavy atom. The third-order valence-electron chi connectivity index (χ3n) is 3.01. The predicted octanol–water partition coefficient (Wildman–Crippen LogP) is 2.39. The number of rotatable bonds is 4. The summed E-state index contributed by atoms with van der Waals surface area (Å²) in [4.78, 5) is 16.5. The Morgan fingerprint density at radius 2 is 2.16 bits per heavy atom. The molecule has 5 heteroatoms. The van der Waals surface area contributed by atoms with Crippen LogP contribution >= 0.6 is 0 Å². The standard InChI is InChI=1S/C14H18N2O3/c1-5-10-13(14(17)19-6-2)16-8-9(3)11(18-4)7-12(16)15-10/h7-8H,5-6H2,1-4H3.